The van der Waals surface area contributed by atoms with Gasteiger partial charge in [-0.25, -0.2) is 0 Å². The van der Waals surface area contributed by atoms with Crippen molar-refractivity contribution in [2.24, 2.45) is 0 Å². The van der Waals surface area contributed by atoms with Gasteiger partial charge in [0.2, 0.25) is 0 Å². The Hall–Kier alpha value is -5.33. The number of aryl methyl sites for hydroxylation is 2. The molecule has 3 fully saturated rings. The van der Waals surface area contributed by atoms with E-state index in [1.807, 2.05) is 152 Å². The van der Waals surface area contributed by atoms with Crippen LogP contribution in [0, 0.1) is 41.5 Å². The number of carbonyl (C=O) groups excluding carboxylic acids is 3. The van der Waals surface area contributed by atoms with E-state index in [0.29, 0.717) is 52.5 Å². The molecular weight excluding hydrogens is 2110 g/mol. The molecule has 6 aliphatic heterocycles. The molecule has 0 atom stereocenters. The standard InChI is InChI=1S/C21H15F3N2O4.C15H19BO4.C13H9BrF3NO2.C12H24B2O4.C9H7BrO2.C6H6BrNO.4C3H7.CH3I.4V/c1-12-8-20(28)26(14-3-5-15(6-4-14)30-21(22,23)24)10-16(12)13-2-7-18-17(9-13)25-19(27)11-29-18;1-14(2)15(3,4)20-16(19-14)11-5-6-13-10(7-11)8-12(17)9-18-13;1-8-6-12(19)18(7-11(8)14)9-2-4-10(5-3-9)20-13(15,16)17;1-9(2)10(3,4)16-13(15-9)14-17-11(5,6)12(7,8)18-14;10-7-1-2-9-6(3-7)4-8(11)5-12-9;7-4-1-2-6(9)5(8)3-4;4*1-3-2;1-2;;;;/h2-10H,11H2,1H3,(H,25,27);5-7H,8-9H2,1-4H3;2-7H,1H3;1-8H3;1-3H,4-5H2;1-3,9H,8H2;4*1,3H2,2H3;1H3;;;;/q;;;;;;4*-1;;;;;. The number of phenolic OH excluding ortho intramolecular Hbond substituents is 1. The molecule has 8 heterocycles. The molecular formula is C89H111B3Br3F6IN4O17V4-4. The van der Waals surface area contributed by atoms with Crippen LogP contribution in [0.25, 0.3) is 22.5 Å². The van der Waals surface area contributed by atoms with Crippen LogP contribution in [-0.2, 0) is 129 Å². The minimum absolute atomic E-state index is 0. The number of anilines is 2. The van der Waals surface area contributed by atoms with E-state index in [9.17, 15) is 50.3 Å². The fraction of sp³-hybridized carbons (Fsp3) is 0.404. The van der Waals surface area contributed by atoms with Gasteiger partial charge in [0.05, 0.1) is 45.0 Å². The number of rotatable bonds is 7. The molecule has 0 spiro atoms. The van der Waals surface area contributed by atoms with Gasteiger partial charge in [-0.3, -0.25) is 33.1 Å². The van der Waals surface area contributed by atoms with Gasteiger partial charge in [0.25, 0.3) is 17.0 Å². The van der Waals surface area contributed by atoms with Crippen LogP contribution >= 0.6 is 70.4 Å². The van der Waals surface area contributed by atoms with Crippen molar-refractivity contribution in [3.8, 4) is 57.0 Å². The maximum absolute atomic E-state index is 12.5. The number of pyridine rings is 2. The topological polar surface area (TPSA) is 255 Å². The van der Waals surface area contributed by atoms with E-state index in [0.717, 1.165) is 103 Å². The third-order valence-electron chi connectivity index (χ3n) is 19.0. The van der Waals surface area contributed by atoms with Gasteiger partial charge in [-0.2, -0.15) is 25.7 Å². The molecule has 0 unspecified atom stereocenters. The molecule has 4 radical (unpaired) electrons. The second-order valence-electron chi connectivity index (χ2n) is 30.9. The van der Waals surface area contributed by atoms with Gasteiger partial charge in [0.15, 0.2) is 18.2 Å². The van der Waals surface area contributed by atoms with Crippen LogP contribution in [0.15, 0.2) is 169 Å². The van der Waals surface area contributed by atoms with Crippen molar-refractivity contribution >= 4 is 126 Å². The molecule has 3 saturated heterocycles. The quantitative estimate of drug-likeness (QED) is 0.0255. The molecule has 14 rings (SSSR count). The number of fused-ring (bicyclic) bond motifs is 3. The van der Waals surface area contributed by atoms with Crippen LogP contribution < -0.4 is 51.3 Å². The predicted octanol–water partition coefficient (Wildman–Crippen LogP) is 21.2. The van der Waals surface area contributed by atoms with Gasteiger partial charge in [-0.05, 0) is 243 Å². The number of nitrogens with zero attached hydrogens (tertiary/aromatic N) is 2. The zero-order valence-corrected chi connectivity index (χ0v) is 87.3. The van der Waals surface area contributed by atoms with Gasteiger partial charge in [-0.1, -0.05) is 100 Å². The van der Waals surface area contributed by atoms with Crippen LogP contribution in [0.1, 0.15) is 159 Å². The Morgan fingerprint density at radius 2 is 0.835 bits per heavy atom. The van der Waals surface area contributed by atoms with Crippen molar-refractivity contribution in [1.29, 1.82) is 0 Å². The summed E-state index contributed by atoms with van der Waals surface area (Å²) in [5.41, 5.74) is 10.1. The number of halogens is 10. The van der Waals surface area contributed by atoms with E-state index in [-0.39, 0.29) is 173 Å². The normalized spacial score (nSPS) is 15.9. The Kier molecular flexibility index (Phi) is 52.4. The van der Waals surface area contributed by atoms with E-state index in [1.165, 1.54) is 45.5 Å². The Bertz CT molecular complexity index is 4840. The second kappa shape index (κ2) is 54.7. The molecule has 1 amide bonds. The van der Waals surface area contributed by atoms with Crippen molar-refractivity contribution in [3.63, 3.8) is 0 Å². The van der Waals surface area contributed by atoms with E-state index in [2.05, 4.69) is 113 Å². The number of ketones is 2. The molecule has 38 heteroatoms. The summed E-state index contributed by atoms with van der Waals surface area (Å²) in [5, 5.41) is 11.6. The van der Waals surface area contributed by atoms with Crippen molar-refractivity contribution in [2.75, 3.05) is 35.8 Å². The SMILES string of the molecule is CC1(C)OB(B2OC(C)(C)C(C)(C)O2)OC1(C)C.CC1(C)OB(c2ccc3c(c2)CC(=O)CO3)OC1(C)C.CI.Cc1cc(=O)n(-c2ccc(OC(F)(F)F)cc2)cc1-c1ccc2c(c1)NC(=O)CO2.Cc1cc(=O)n(-c2ccc(OC(F)(F)F)cc2)cc1Br.Nc1cc(Br)ccc1O.O=C1COc2ccc(Br)cc2C1.[CH2-]CC.[CH2-]CC.[CH2-]CC.[CH2-]CC.[V].[V].[V].[V]. The number of Topliss-reactive ketones (excluding diaryl/α,β-unsaturated/α-hetero) is 2. The summed E-state index contributed by atoms with van der Waals surface area (Å²) in [6.45, 7) is 50.2. The second-order valence-corrected chi connectivity index (χ2v) is 33.6. The van der Waals surface area contributed by atoms with Gasteiger partial charge < -0.3 is 95.5 Å². The summed E-state index contributed by atoms with van der Waals surface area (Å²) < 4.78 is 138. The van der Waals surface area contributed by atoms with Gasteiger partial charge >= 0.3 is 33.9 Å². The van der Waals surface area contributed by atoms with Crippen molar-refractivity contribution in [2.45, 2.75) is 209 Å². The number of aromatic hydroxyl groups is 1. The van der Waals surface area contributed by atoms with Crippen LogP contribution in [0.3, 0.4) is 0 Å². The maximum atomic E-state index is 12.5. The van der Waals surface area contributed by atoms with Gasteiger partial charge in [0, 0.05) is 153 Å². The monoisotopic (exact) mass is 2220 g/mol. The summed E-state index contributed by atoms with van der Waals surface area (Å²) in [6.07, 6.45) is -1.44. The van der Waals surface area contributed by atoms with E-state index in [4.69, 9.17) is 53.0 Å². The van der Waals surface area contributed by atoms with E-state index < -0.39 is 33.9 Å². The summed E-state index contributed by atoms with van der Waals surface area (Å²) in [6, 6.07) is 34.6. The Morgan fingerprint density at radius 1 is 0.480 bits per heavy atom. The molecule has 6 aromatic carbocycles. The number of phenols is 1. The molecule has 2 aromatic heterocycles. The number of benzene rings is 6. The molecule has 21 nitrogen and oxygen atoms in total. The number of ether oxygens (including phenoxy) is 5. The number of nitrogen functional groups attached to an aromatic ring is 1. The Balaban J connectivity index is 0.00000148. The molecule has 692 valence electrons. The number of nitrogens with two attached hydrogens (primary N) is 1. The fourth-order valence-electron chi connectivity index (χ4n) is 11.0. The van der Waals surface area contributed by atoms with Crippen LogP contribution in [-0.4, -0.2) is 124 Å². The van der Waals surface area contributed by atoms with E-state index in [1.54, 1.807) is 62.6 Å². The Morgan fingerprint density at radius 3 is 1.24 bits per heavy atom. The van der Waals surface area contributed by atoms with Crippen molar-refractivity contribution < 1.29 is 172 Å². The largest absolute Gasteiger partial charge is 0.573 e. The number of carbonyl (C=O) groups is 3. The van der Waals surface area contributed by atoms with Crippen molar-refractivity contribution in [1.82, 2.24) is 9.13 Å². The fourth-order valence-corrected chi connectivity index (χ4v) is 12.1. The number of hydrogen-bond donors (Lipinski definition) is 3. The average Bonchev–Trinajstić information content (AvgIpc) is 1.45. The minimum atomic E-state index is -4.79. The third kappa shape index (κ3) is 37.6. The number of nitrogens with one attached hydrogen (secondary N) is 1. The smallest absolute Gasteiger partial charge is 0.506 e. The first-order valence-corrected chi connectivity index (χ1v) is 43.7. The molecule has 127 heavy (non-hydrogen) atoms. The molecule has 8 aromatic rings. The first-order chi connectivity index (χ1) is 57.2. The summed E-state index contributed by atoms with van der Waals surface area (Å²) >= 11 is 12.0. The summed E-state index contributed by atoms with van der Waals surface area (Å²) in [7, 11) is -1.35. The predicted molar refractivity (Wildman–Crippen MR) is 494 cm³/mol. The van der Waals surface area contributed by atoms with Gasteiger partial charge in [0.1, 0.15) is 47.7 Å². The number of hydrogen-bond acceptors (Lipinski definition) is 18. The average molecular weight is 2230 g/mol. The first-order valence-electron chi connectivity index (χ1n) is 39.2. The van der Waals surface area contributed by atoms with Gasteiger partial charge in [-0.15, -0.1) is 26.3 Å². The molecule has 0 aliphatic carbocycles. The number of alkyl halides is 7. The molecule has 0 saturated carbocycles. The molecule has 4 N–H and O–H groups in total. The van der Waals surface area contributed by atoms with Crippen molar-refractivity contribution in [3.05, 3.63) is 230 Å². The zero-order valence-electron chi connectivity index (χ0n) is 74.8. The van der Waals surface area contributed by atoms with Crippen LogP contribution in [0.4, 0.5) is 37.7 Å². The number of amides is 1. The molecule has 6 aliphatic rings. The van der Waals surface area contributed by atoms with E-state index >= 15 is 0 Å². The van der Waals surface area contributed by atoms with Crippen LogP contribution in [0.5, 0.6) is 34.5 Å². The third-order valence-corrected chi connectivity index (χ3v) is 20.8. The van der Waals surface area contributed by atoms with Crippen LogP contribution in [0.2, 0.25) is 0 Å². The summed E-state index contributed by atoms with van der Waals surface area (Å²) in [5.74, 6) is 1.55. The zero-order chi connectivity index (χ0) is 93.1. The first kappa shape index (κ1) is 122. The molecule has 0 bridgehead atoms. The maximum Gasteiger partial charge on any atom is 0.573 e. The minimum Gasteiger partial charge on any atom is -0.506 e. The summed E-state index contributed by atoms with van der Waals surface area (Å²) in [4.78, 5) is 60.3. The number of aromatic nitrogens is 2. The Labute approximate surface area is 831 Å².